The molecule has 1 aromatic carbocycles. The summed E-state index contributed by atoms with van der Waals surface area (Å²) in [6.07, 6.45) is 3.52. The number of hydrogen-bond acceptors (Lipinski definition) is 4. The molecule has 1 aromatic heterocycles. The Morgan fingerprint density at radius 1 is 1.08 bits per heavy atom. The Morgan fingerprint density at radius 2 is 1.65 bits per heavy atom. The van der Waals surface area contributed by atoms with Crippen molar-refractivity contribution in [2.45, 2.75) is 32.4 Å². The number of nitrogens with one attached hydrogen (secondary N) is 1. The molecule has 0 saturated carbocycles. The number of pyridine rings is 1. The van der Waals surface area contributed by atoms with Gasteiger partial charge in [-0.1, -0.05) is 29.8 Å². The molecule has 3 rings (SSSR count). The van der Waals surface area contributed by atoms with Crippen molar-refractivity contribution in [1.29, 1.82) is 0 Å². The van der Waals surface area contributed by atoms with E-state index in [1.165, 1.54) is 5.56 Å². The van der Waals surface area contributed by atoms with E-state index in [9.17, 15) is 4.79 Å². The molecule has 1 aliphatic rings. The summed E-state index contributed by atoms with van der Waals surface area (Å²) >= 11 is 0. The highest BCUT2D eigenvalue weighted by molar-refractivity contribution is 5.86. The van der Waals surface area contributed by atoms with Gasteiger partial charge in [-0.05, 0) is 44.0 Å². The zero-order valence-corrected chi connectivity index (χ0v) is 15.7. The molecular formula is C21H27N3O2. The van der Waals surface area contributed by atoms with E-state index in [-0.39, 0.29) is 11.9 Å². The van der Waals surface area contributed by atoms with Crippen LogP contribution in [-0.2, 0) is 9.53 Å². The van der Waals surface area contributed by atoms with E-state index < -0.39 is 5.54 Å². The first-order chi connectivity index (χ1) is 12.5. The van der Waals surface area contributed by atoms with Crippen molar-refractivity contribution in [1.82, 2.24) is 15.2 Å². The highest BCUT2D eigenvalue weighted by Gasteiger charge is 2.36. The fraction of sp³-hybridized carbons (Fsp3) is 0.429. The number of carbonyl (C=O) groups is 1. The molecular weight excluding hydrogens is 326 g/mol. The van der Waals surface area contributed by atoms with E-state index in [1.807, 2.05) is 26.0 Å². The van der Waals surface area contributed by atoms with Crippen LogP contribution in [0.4, 0.5) is 0 Å². The first-order valence-electron chi connectivity index (χ1n) is 9.09. The van der Waals surface area contributed by atoms with Crippen molar-refractivity contribution in [2.75, 3.05) is 26.3 Å². The SMILES string of the molecule is Cc1ccc([C@H](NC(=O)C(C)(C)N2CCOCC2)c2ccncc2)cc1. The van der Waals surface area contributed by atoms with Gasteiger partial charge in [0.15, 0.2) is 0 Å². The van der Waals surface area contributed by atoms with Gasteiger partial charge in [0.25, 0.3) is 0 Å². The van der Waals surface area contributed by atoms with Gasteiger partial charge in [0.2, 0.25) is 5.91 Å². The van der Waals surface area contributed by atoms with Crippen molar-refractivity contribution in [3.63, 3.8) is 0 Å². The van der Waals surface area contributed by atoms with Gasteiger partial charge < -0.3 is 10.1 Å². The Labute approximate surface area is 155 Å². The maximum atomic E-state index is 13.2. The lowest BCUT2D eigenvalue weighted by Gasteiger charge is -2.40. The van der Waals surface area contributed by atoms with Crippen LogP contribution < -0.4 is 5.32 Å². The summed E-state index contributed by atoms with van der Waals surface area (Å²) < 4.78 is 5.43. The maximum Gasteiger partial charge on any atom is 0.240 e. The minimum Gasteiger partial charge on any atom is -0.379 e. The predicted octanol–water partition coefficient (Wildman–Crippen LogP) is 2.71. The molecule has 0 bridgehead atoms. The number of rotatable bonds is 5. The van der Waals surface area contributed by atoms with E-state index in [0.29, 0.717) is 13.2 Å². The molecule has 2 heterocycles. The van der Waals surface area contributed by atoms with Crippen LogP contribution in [0.25, 0.3) is 0 Å². The molecule has 1 fully saturated rings. The number of amides is 1. The Balaban J connectivity index is 1.85. The molecule has 138 valence electrons. The Kier molecular flexibility index (Phi) is 5.69. The van der Waals surface area contributed by atoms with Crippen molar-refractivity contribution in [3.8, 4) is 0 Å². The smallest absolute Gasteiger partial charge is 0.240 e. The predicted molar refractivity (Wildman–Crippen MR) is 102 cm³/mol. The van der Waals surface area contributed by atoms with Crippen molar-refractivity contribution in [2.24, 2.45) is 0 Å². The minimum absolute atomic E-state index is 0.0155. The van der Waals surface area contributed by atoms with E-state index in [2.05, 4.69) is 46.4 Å². The van der Waals surface area contributed by atoms with Crippen LogP contribution in [0.15, 0.2) is 48.8 Å². The van der Waals surface area contributed by atoms with Crippen molar-refractivity contribution >= 4 is 5.91 Å². The van der Waals surface area contributed by atoms with Gasteiger partial charge in [0.05, 0.1) is 24.8 Å². The largest absolute Gasteiger partial charge is 0.379 e. The maximum absolute atomic E-state index is 13.2. The fourth-order valence-electron chi connectivity index (χ4n) is 3.25. The molecule has 5 heteroatoms. The van der Waals surface area contributed by atoms with Gasteiger partial charge in [0.1, 0.15) is 0 Å². The summed E-state index contributed by atoms with van der Waals surface area (Å²) in [7, 11) is 0. The number of aromatic nitrogens is 1. The average molecular weight is 353 g/mol. The number of hydrogen-bond donors (Lipinski definition) is 1. The standard InChI is InChI=1S/C21H27N3O2/c1-16-4-6-17(7-5-16)19(18-8-10-22-11-9-18)23-20(25)21(2,3)24-12-14-26-15-13-24/h4-11,19H,12-15H2,1-3H3,(H,23,25)/t19-/m0/s1. The van der Waals surface area contributed by atoms with Gasteiger partial charge in [0, 0.05) is 25.5 Å². The first kappa shape index (κ1) is 18.5. The van der Waals surface area contributed by atoms with Gasteiger partial charge >= 0.3 is 0 Å². The summed E-state index contributed by atoms with van der Waals surface area (Å²) in [6, 6.07) is 12.0. The molecule has 26 heavy (non-hydrogen) atoms. The van der Waals surface area contributed by atoms with Gasteiger partial charge in [-0.3, -0.25) is 14.7 Å². The number of benzene rings is 1. The Bertz CT molecular complexity index is 723. The molecule has 1 atom stereocenters. The fourth-order valence-corrected chi connectivity index (χ4v) is 3.25. The van der Waals surface area contributed by atoms with Crippen LogP contribution >= 0.6 is 0 Å². The number of nitrogens with zero attached hydrogens (tertiary/aromatic N) is 2. The molecule has 5 nitrogen and oxygen atoms in total. The van der Waals surface area contributed by atoms with Crippen LogP contribution in [0.1, 0.15) is 36.6 Å². The van der Waals surface area contributed by atoms with Crippen LogP contribution in [-0.4, -0.2) is 47.6 Å². The normalized spacial score (nSPS) is 16.9. The van der Waals surface area contributed by atoms with Gasteiger partial charge in [-0.25, -0.2) is 0 Å². The lowest BCUT2D eigenvalue weighted by atomic mass is 9.95. The highest BCUT2D eigenvalue weighted by Crippen LogP contribution is 2.24. The van der Waals surface area contributed by atoms with E-state index in [0.717, 1.165) is 24.2 Å². The minimum atomic E-state index is -0.597. The highest BCUT2D eigenvalue weighted by atomic mass is 16.5. The second-order valence-corrected chi connectivity index (χ2v) is 7.26. The molecule has 0 spiro atoms. The quantitative estimate of drug-likeness (QED) is 0.898. The lowest BCUT2D eigenvalue weighted by molar-refractivity contribution is -0.135. The monoisotopic (exact) mass is 353 g/mol. The number of aryl methyl sites for hydroxylation is 1. The summed E-state index contributed by atoms with van der Waals surface area (Å²) in [5, 5.41) is 3.26. The van der Waals surface area contributed by atoms with Crippen molar-refractivity contribution in [3.05, 3.63) is 65.5 Å². The second kappa shape index (κ2) is 7.98. The second-order valence-electron chi connectivity index (χ2n) is 7.26. The van der Waals surface area contributed by atoms with E-state index in [4.69, 9.17) is 4.74 Å². The van der Waals surface area contributed by atoms with Crippen LogP contribution in [0, 0.1) is 6.92 Å². The Hall–Kier alpha value is -2.24. The van der Waals surface area contributed by atoms with Gasteiger partial charge in [-0.15, -0.1) is 0 Å². The van der Waals surface area contributed by atoms with Crippen LogP contribution in [0.3, 0.4) is 0 Å². The summed E-state index contributed by atoms with van der Waals surface area (Å²) in [4.78, 5) is 19.5. The van der Waals surface area contributed by atoms with E-state index in [1.54, 1.807) is 12.4 Å². The average Bonchev–Trinajstić information content (AvgIpc) is 2.68. The third kappa shape index (κ3) is 4.11. The summed E-state index contributed by atoms with van der Waals surface area (Å²) in [5.41, 5.74) is 2.69. The molecule has 0 radical (unpaired) electrons. The lowest BCUT2D eigenvalue weighted by Crippen LogP contribution is -2.58. The molecule has 2 aromatic rings. The van der Waals surface area contributed by atoms with E-state index >= 15 is 0 Å². The van der Waals surface area contributed by atoms with Crippen LogP contribution in [0.5, 0.6) is 0 Å². The number of morpholine rings is 1. The van der Waals surface area contributed by atoms with Crippen molar-refractivity contribution < 1.29 is 9.53 Å². The third-order valence-electron chi connectivity index (χ3n) is 5.08. The first-order valence-corrected chi connectivity index (χ1v) is 9.09. The number of carbonyl (C=O) groups excluding carboxylic acids is 1. The summed E-state index contributed by atoms with van der Waals surface area (Å²) in [5.74, 6) is 0.0155. The summed E-state index contributed by atoms with van der Waals surface area (Å²) in [6.45, 7) is 8.89. The Morgan fingerprint density at radius 3 is 2.27 bits per heavy atom. The molecule has 0 unspecified atom stereocenters. The zero-order chi connectivity index (χ0) is 18.6. The molecule has 0 aliphatic carbocycles. The third-order valence-corrected chi connectivity index (χ3v) is 5.08. The molecule has 1 amide bonds. The molecule has 1 saturated heterocycles. The number of ether oxygens (including phenoxy) is 1. The molecule has 1 aliphatic heterocycles. The van der Waals surface area contributed by atoms with Gasteiger partial charge in [-0.2, -0.15) is 0 Å². The van der Waals surface area contributed by atoms with Crippen LogP contribution in [0.2, 0.25) is 0 Å². The molecule has 1 N–H and O–H groups in total. The topological polar surface area (TPSA) is 54.5 Å². The zero-order valence-electron chi connectivity index (χ0n) is 15.7.